The van der Waals surface area contributed by atoms with E-state index in [1.807, 2.05) is 24.3 Å². The average molecular weight is 292 g/mol. The summed E-state index contributed by atoms with van der Waals surface area (Å²) in [6.45, 7) is 1.89. The molecule has 2 aliphatic heterocycles. The Hall–Kier alpha value is -1.95. The minimum absolute atomic E-state index is 0.156. The van der Waals surface area contributed by atoms with Crippen LogP contribution in [-0.2, 0) is 0 Å². The SMILES string of the molecule is O=C(NC[C@@H]1COc2ccccc2O1)N1CCC[C@H](O)C1. The molecule has 0 saturated carbocycles. The molecule has 0 unspecified atom stereocenters. The lowest BCUT2D eigenvalue weighted by Crippen LogP contribution is -2.50. The van der Waals surface area contributed by atoms with Crippen molar-refractivity contribution in [2.45, 2.75) is 25.0 Å². The fourth-order valence-corrected chi connectivity index (χ4v) is 2.62. The fourth-order valence-electron chi connectivity index (χ4n) is 2.62. The third-order valence-corrected chi connectivity index (χ3v) is 3.73. The molecule has 0 bridgehead atoms. The molecule has 21 heavy (non-hydrogen) atoms. The lowest BCUT2D eigenvalue weighted by molar-refractivity contribution is 0.0756. The van der Waals surface area contributed by atoms with Gasteiger partial charge in [0, 0.05) is 13.1 Å². The maximum Gasteiger partial charge on any atom is 0.317 e. The van der Waals surface area contributed by atoms with Crippen LogP contribution in [0.15, 0.2) is 24.3 Å². The number of hydrogen-bond donors (Lipinski definition) is 2. The number of hydrogen-bond acceptors (Lipinski definition) is 4. The molecule has 0 radical (unpaired) electrons. The highest BCUT2D eigenvalue weighted by atomic mass is 16.6. The van der Waals surface area contributed by atoms with Gasteiger partial charge in [-0.3, -0.25) is 0 Å². The number of urea groups is 1. The highest BCUT2D eigenvalue weighted by molar-refractivity contribution is 5.74. The van der Waals surface area contributed by atoms with Gasteiger partial charge in [0.2, 0.25) is 0 Å². The van der Waals surface area contributed by atoms with Crippen molar-refractivity contribution in [2.24, 2.45) is 0 Å². The molecule has 114 valence electrons. The number of piperidine rings is 1. The van der Waals surface area contributed by atoms with E-state index >= 15 is 0 Å². The highest BCUT2D eigenvalue weighted by Crippen LogP contribution is 2.30. The van der Waals surface area contributed by atoms with Crippen molar-refractivity contribution in [3.63, 3.8) is 0 Å². The minimum Gasteiger partial charge on any atom is -0.486 e. The maximum absolute atomic E-state index is 12.0. The third kappa shape index (κ3) is 3.39. The molecule has 6 heteroatoms. The van der Waals surface area contributed by atoms with Gasteiger partial charge in [0.05, 0.1) is 12.6 Å². The molecule has 0 aliphatic carbocycles. The second-order valence-corrected chi connectivity index (χ2v) is 5.43. The normalized spacial score (nSPS) is 24.5. The van der Waals surface area contributed by atoms with Gasteiger partial charge in [-0.1, -0.05) is 12.1 Å². The van der Waals surface area contributed by atoms with Gasteiger partial charge in [0.15, 0.2) is 17.6 Å². The number of benzene rings is 1. The number of likely N-dealkylation sites (tertiary alicyclic amines) is 1. The number of β-amino-alcohol motifs (C(OH)–C–C–N with tert-alkyl or cyclic N) is 1. The molecule has 2 N–H and O–H groups in total. The van der Waals surface area contributed by atoms with Crippen molar-refractivity contribution in [1.82, 2.24) is 10.2 Å². The van der Waals surface area contributed by atoms with E-state index in [0.717, 1.165) is 18.6 Å². The van der Waals surface area contributed by atoms with Crippen LogP contribution in [-0.4, -0.2) is 54.5 Å². The van der Waals surface area contributed by atoms with Crippen molar-refractivity contribution >= 4 is 6.03 Å². The van der Waals surface area contributed by atoms with Gasteiger partial charge in [-0.25, -0.2) is 4.79 Å². The lowest BCUT2D eigenvalue weighted by atomic mass is 10.1. The number of nitrogens with one attached hydrogen (secondary N) is 1. The molecular weight excluding hydrogens is 272 g/mol. The maximum atomic E-state index is 12.0. The number of nitrogens with zero attached hydrogens (tertiary/aromatic N) is 1. The third-order valence-electron chi connectivity index (χ3n) is 3.73. The summed E-state index contributed by atoms with van der Waals surface area (Å²) in [6, 6.07) is 7.34. The molecule has 2 amide bonds. The topological polar surface area (TPSA) is 71.0 Å². The zero-order valence-corrected chi connectivity index (χ0v) is 11.8. The second-order valence-electron chi connectivity index (χ2n) is 5.43. The first-order chi connectivity index (χ1) is 10.2. The molecule has 0 aromatic heterocycles. The summed E-state index contributed by atoms with van der Waals surface area (Å²) in [5, 5.41) is 12.4. The number of ether oxygens (including phenoxy) is 2. The summed E-state index contributed by atoms with van der Waals surface area (Å²) in [5.41, 5.74) is 0. The molecule has 6 nitrogen and oxygen atoms in total. The second kappa shape index (κ2) is 6.22. The van der Waals surface area contributed by atoms with E-state index in [4.69, 9.17) is 9.47 Å². The molecule has 2 atom stereocenters. The van der Waals surface area contributed by atoms with Gasteiger partial charge in [0.1, 0.15) is 6.61 Å². The molecule has 1 fully saturated rings. The largest absolute Gasteiger partial charge is 0.486 e. The Balaban J connectivity index is 1.49. The molecule has 1 saturated heterocycles. The van der Waals surface area contributed by atoms with Crippen LogP contribution in [0, 0.1) is 0 Å². The summed E-state index contributed by atoms with van der Waals surface area (Å²) in [7, 11) is 0. The monoisotopic (exact) mass is 292 g/mol. The minimum atomic E-state index is -0.411. The van der Waals surface area contributed by atoms with E-state index in [1.54, 1.807) is 4.90 Å². The van der Waals surface area contributed by atoms with Crippen LogP contribution in [0.2, 0.25) is 0 Å². The van der Waals surface area contributed by atoms with Gasteiger partial charge >= 0.3 is 6.03 Å². The standard InChI is InChI=1S/C15H20N2O4/c18-11-4-3-7-17(9-11)15(19)16-8-12-10-20-13-5-1-2-6-14(13)21-12/h1-2,5-6,11-12,18H,3-4,7-10H2,(H,16,19)/t11-,12+/m0/s1. The number of fused-ring (bicyclic) bond motifs is 1. The predicted molar refractivity (Wildman–Crippen MR) is 76.6 cm³/mol. The van der Waals surface area contributed by atoms with Crippen LogP contribution in [0.3, 0.4) is 0 Å². The van der Waals surface area contributed by atoms with Crippen LogP contribution in [0.25, 0.3) is 0 Å². The highest BCUT2D eigenvalue weighted by Gasteiger charge is 2.24. The zero-order valence-electron chi connectivity index (χ0n) is 11.8. The summed E-state index contributed by atoms with van der Waals surface area (Å²) >= 11 is 0. The van der Waals surface area contributed by atoms with Crippen molar-refractivity contribution in [3.8, 4) is 11.5 Å². The van der Waals surface area contributed by atoms with Crippen molar-refractivity contribution in [1.29, 1.82) is 0 Å². The molecule has 1 aromatic carbocycles. The van der Waals surface area contributed by atoms with Crippen molar-refractivity contribution < 1.29 is 19.4 Å². The molecule has 1 aromatic rings. The Labute approximate surface area is 123 Å². The first kappa shape index (κ1) is 14.0. The number of carbonyl (C=O) groups is 1. The van der Waals surface area contributed by atoms with E-state index in [-0.39, 0.29) is 12.1 Å². The van der Waals surface area contributed by atoms with Gasteiger partial charge in [-0.05, 0) is 25.0 Å². The van der Waals surface area contributed by atoms with E-state index in [0.29, 0.717) is 32.0 Å². The molecule has 0 spiro atoms. The number of carbonyl (C=O) groups excluding carboxylic acids is 1. The van der Waals surface area contributed by atoms with Crippen molar-refractivity contribution in [3.05, 3.63) is 24.3 Å². The molecule has 3 rings (SSSR count). The summed E-state index contributed by atoms with van der Waals surface area (Å²) < 4.78 is 11.4. The lowest BCUT2D eigenvalue weighted by Gasteiger charge is -2.31. The molecule has 2 aliphatic rings. The van der Waals surface area contributed by atoms with Crippen LogP contribution in [0.4, 0.5) is 4.79 Å². The quantitative estimate of drug-likeness (QED) is 0.853. The summed E-state index contributed by atoms with van der Waals surface area (Å²) in [4.78, 5) is 13.7. The van der Waals surface area contributed by atoms with Gasteiger partial charge < -0.3 is 24.8 Å². The van der Waals surface area contributed by atoms with Crippen LogP contribution < -0.4 is 14.8 Å². The number of rotatable bonds is 2. The summed E-state index contributed by atoms with van der Waals surface area (Å²) in [5.74, 6) is 1.44. The average Bonchev–Trinajstić information content (AvgIpc) is 2.52. The smallest absolute Gasteiger partial charge is 0.317 e. The molecule has 2 heterocycles. The van der Waals surface area contributed by atoms with Crippen molar-refractivity contribution in [2.75, 3.05) is 26.2 Å². The predicted octanol–water partition coefficient (Wildman–Crippen LogP) is 0.993. The Morgan fingerprint density at radius 2 is 2.19 bits per heavy atom. The number of para-hydroxylation sites is 2. The van der Waals surface area contributed by atoms with E-state index < -0.39 is 6.10 Å². The Kier molecular flexibility index (Phi) is 4.15. The van der Waals surface area contributed by atoms with E-state index in [9.17, 15) is 9.90 Å². The van der Waals surface area contributed by atoms with Crippen LogP contribution in [0.1, 0.15) is 12.8 Å². The van der Waals surface area contributed by atoms with E-state index in [1.165, 1.54) is 0 Å². The van der Waals surface area contributed by atoms with Crippen LogP contribution >= 0.6 is 0 Å². The Bertz CT molecular complexity index is 508. The summed E-state index contributed by atoms with van der Waals surface area (Å²) in [6.07, 6.45) is 0.995. The van der Waals surface area contributed by atoms with Crippen LogP contribution in [0.5, 0.6) is 11.5 Å². The Morgan fingerprint density at radius 3 is 3.00 bits per heavy atom. The number of aliphatic hydroxyl groups excluding tert-OH is 1. The Morgan fingerprint density at radius 1 is 1.38 bits per heavy atom. The van der Waals surface area contributed by atoms with Gasteiger partial charge in [-0.2, -0.15) is 0 Å². The zero-order chi connectivity index (χ0) is 14.7. The fraction of sp³-hybridized carbons (Fsp3) is 0.533. The first-order valence-electron chi connectivity index (χ1n) is 7.31. The number of amides is 2. The van der Waals surface area contributed by atoms with Gasteiger partial charge in [0.25, 0.3) is 0 Å². The first-order valence-corrected chi connectivity index (χ1v) is 7.31. The van der Waals surface area contributed by atoms with Gasteiger partial charge in [-0.15, -0.1) is 0 Å². The number of aliphatic hydroxyl groups is 1. The molecular formula is C15H20N2O4. The van der Waals surface area contributed by atoms with E-state index in [2.05, 4.69) is 5.32 Å².